The highest BCUT2D eigenvalue weighted by Gasteiger charge is 2.19. The molecule has 0 spiro atoms. The Morgan fingerprint density at radius 3 is 2.39 bits per heavy atom. The van der Waals surface area contributed by atoms with Crippen LogP contribution in [0.25, 0.3) is 0 Å². The van der Waals surface area contributed by atoms with Crippen LogP contribution >= 0.6 is 12.4 Å². The van der Waals surface area contributed by atoms with Crippen molar-refractivity contribution in [1.29, 1.82) is 0 Å². The van der Waals surface area contributed by atoms with Crippen molar-refractivity contribution in [3.05, 3.63) is 65.7 Å². The number of halogens is 1. The third-order valence-electron chi connectivity index (χ3n) is 4.53. The number of aliphatic hydroxyl groups excluding tert-OH is 1. The number of carbonyl (C=O) groups excluding carboxylic acids is 2. The minimum absolute atomic E-state index is 0. The zero-order valence-corrected chi connectivity index (χ0v) is 18.3. The monoisotopic (exact) mass is 451 g/mol. The first-order valence-electron chi connectivity index (χ1n) is 9.78. The topological polar surface area (TPSA) is 123 Å². The minimum Gasteiger partial charge on any atom is -0.497 e. The Hall–Kier alpha value is -2.81. The van der Waals surface area contributed by atoms with Gasteiger partial charge in [0.25, 0.3) is 0 Å². The summed E-state index contributed by atoms with van der Waals surface area (Å²) in [4.78, 5) is 24.0. The summed E-state index contributed by atoms with van der Waals surface area (Å²) in [6.45, 7) is 0.290. The lowest BCUT2D eigenvalue weighted by atomic mass is 10.1. The van der Waals surface area contributed by atoms with Gasteiger partial charge < -0.3 is 30.9 Å². The van der Waals surface area contributed by atoms with Gasteiger partial charge in [-0.3, -0.25) is 4.79 Å². The van der Waals surface area contributed by atoms with E-state index in [0.29, 0.717) is 25.1 Å². The maximum atomic E-state index is 12.3. The Balaban J connectivity index is 0.00000480. The fourth-order valence-electron chi connectivity index (χ4n) is 2.77. The number of amides is 2. The molecule has 2 amide bonds. The highest BCUT2D eigenvalue weighted by Crippen LogP contribution is 2.17. The molecule has 0 saturated heterocycles. The first-order chi connectivity index (χ1) is 14.5. The van der Waals surface area contributed by atoms with Gasteiger partial charge in [-0.1, -0.05) is 42.5 Å². The molecule has 0 heterocycles. The number of hydrogen-bond donors (Lipinski definition) is 4. The second-order valence-electron chi connectivity index (χ2n) is 6.75. The van der Waals surface area contributed by atoms with Gasteiger partial charge in [0, 0.05) is 6.54 Å². The number of methoxy groups -OCH3 is 1. The predicted molar refractivity (Wildman–Crippen MR) is 120 cm³/mol. The highest BCUT2D eigenvalue weighted by molar-refractivity contribution is 5.85. The molecule has 9 heteroatoms. The summed E-state index contributed by atoms with van der Waals surface area (Å²) in [5.74, 6) is 0.324. The van der Waals surface area contributed by atoms with Crippen molar-refractivity contribution in [1.82, 2.24) is 10.6 Å². The number of nitrogens with two attached hydrogens (primary N) is 1. The molecule has 0 aromatic heterocycles. The zero-order chi connectivity index (χ0) is 21.8. The molecular formula is C22H30ClN3O5. The molecule has 2 aromatic rings. The molecule has 0 fully saturated rings. The largest absolute Gasteiger partial charge is 0.497 e. The Morgan fingerprint density at radius 2 is 1.77 bits per heavy atom. The lowest BCUT2D eigenvalue weighted by Crippen LogP contribution is -2.43. The molecule has 8 nitrogen and oxygen atoms in total. The number of alkyl carbamates (subject to hydrolysis) is 1. The maximum absolute atomic E-state index is 12.3. The van der Waals surface area contributed by atoms with Crippen LogP contribution in [0.15, 0.2) is 54.6 Å². The van der Waals surface area contributed by atoms with Crippen LogP contribution in [-0.2, 0) is 16.1 Å². The summed E-state index contributed by atoms with van der Waals surface area (Å²) >= 11 is 0. The van der Waals surface area contributed by atoms with Gasteiger partial charge in [-0.15, -0.1) is 12.4 Å². The molecular weight excluding hydrogens is 422 g/mol. The number of rotatable bonds is 11. The summed E-state index contributed by atoms with van der Waals surface area (Å²) in [5, 5.41) is 15.0. The molecule has 0 aliphatic rings. The molecule has 5 N–H and O–H groups in total. The minimum atomic E-state index is -0.751. The van der Waals surface area contributed by atoms with E-state index in [0.717, 1.165) is 11.1 Å². The van der Waals surface area contributed by atoms with Crippen LogP contribution in [0, 0.1) is 0 Å². The smallest absolute Gasteiger partial charge is 0.407 e. The van der Waals surface area contributed by atoms with Crippen molar-refractivity contribution in [2.24, 2.45) is 5.73 Å². The standard InChI is InChI=1S/C22H29N3O5.ClH/c1-29-18-11-9-17(10-12-18)20(14-26)25-21(27)19(23)8-5-13-24-22(28)30-15-16-6-3-2-4-7-16;/h2-4,6-7,9-12,19-20,26H,5,8,13-15,23H2,1H3,(H,24,28)(H,25,27);1H/t19-,20+;/m1./s1. The SMILES string of the molecule is COc1ccc([C@H](CO)NC(=O)[C@H](N)CCCNC(=O)OCc2ccccc2)cc1.Cl. The second-order valence-corrected chi connectivity index (χ2v) is 6.75. The van der Waals surface area contributed by atoms with Crippen molar-refractivity contribution >= 4 is 24.4 Å². The summed E-state index contributed by atoms with van der Waals surface area (Å²) in [6.07, 6.45) is 0.379. The van der Waals surface area contributed by atoms with Crippen molar-refractivity contribution in [2.75, 3.05) is 20.3 Å². The van der Waals surface area contributed by atoms with Gasteiger partial charge in [-0.2, -0.15) is 0 Å². The third kappa shape index (κ3) is 9.25. The lowest BCUT2D eigenvalue weighted by molar-refractivity contribution is -0.123. The van der Waals surface area contributed by atoms with Crippen LogP contribution in [0.5, 0.6) is 5.75 Å². The van der Waals surface area contributed by atoms with Gasteiger partial charge in [-0.25, -0.2) is 4.79 Å². The summed E-state index contributed by atoms with van der Waals surface area (Å²) in [6, 6.07) is 15.1. The van der Waals surface area contributed by atoms with E-state index in [4.69, 9.17) is 15.2 Å². The average Bonchev–Trinajstić information content (AvgIpc) is 2.79. The van der Waals surface area contributed by atoms with E-state index in [1.54, 1.807) is 31.4 Å². The molecule has 0 aliphatic heterocycles. The van der Waals surface area contributed by atoms with Gasteiger partial charge in [0.05, 0.1) is 25.8 Å². The Kier molecular flexibility index (Phi) is 12.0. The highest BCUT2D eigenvalue weighted by atomic mass is 35.5. The van der Waals surface area contributed by atoms with Gasteiger partial charge in [0.2, 0.25) is 5.91 Å². The van der Waals surface area contributed by atoms with E-state index in [1.165, 1.54) is 0 Å². The van der Waals surface area contributed by atoms with Crippen LogP contribution in [0.4, 0.5) is 4.79 Å². The number of benzene rings is 2. The number of ether oxygens (including phenoxy) is 2. The molecule has 2 rings (SSSR count). The van der Waals surface area contributed by atoms with Gasteiger partial charge >= 0.3 is 6.09 Å². The molecule has 0 bridgehead atoms. The molecule has 2 aromatic carbocycles. The van der Waals surface area contributed by atoms with Gasteiger partial charge in [-0.05, 0) is 36.1 Å². The van der Waals surface area contributed by atoms with Crippen molar-refractivity contribution in [3.8, 4) is 5.75 Å². The van der Waals surface area contributed by atoms with Gasteiger partial charge in [0.1, 0.15) is 12.4 Å². The normalized spacial score (nSPS) is 12.1. The fraction of sp³-hybridized carbons (Fsp3) is 0.364. The summed E-state index contributed by atoms with van der Waals surface area (Å²) in [7, 11) is 1.57. The molecule has 0 radical (unpaired) electrons. The Morgan fingerprint density at radius 1 is 1.10 bits per heavy atom. The van der Waals surface area contributed by atoms with E-state index >= 15 is 0 Å². The molecule has 0 unspecified atom stereocenters. The van der Waals surface area contributed by atoms with Crippen LogP contribution in [0.2, 0.25) is 0 Å². The van der Waals surface area contributed by atoms with E-state index in [1.807, 2.05) is 30.3 Å². The number of hydrogen-bond acceptors (Lipinski definition) is 6. The van der Waals surface area contributed by atoms with Gasteiger partial charge in [0.15, 0.2) is 0 Å². The number of nitrogens with one attached hydrogen (secondary N) is 2. The Labute approximate surface area is 188 Å². The molecule has 0 aliphatic carbocycles. The molecule has 170 valence electrons. The number of carbonyl (C=O) groups is 2. The van der Waals surface area contributed by atoms with E-state index in [2.05, 4.69) is 10.6 Å². The predicted octanol–water partition coefficient (Wildman–Crippen LogP) is 2.30. The first kappa shape index (κ1) is 26.2. The van der Waals surface area contributed by atoms with Crippen LogP contribution in [0.3, 0.4) is 0 Å². The average molecular weight is 452 g/mol. The zero-order valence-electron chi connectivity index (χ0n) is 17.5. The van der Waals surface area contributed by atoms with E-state index in [-0.39, 0.29) is 31.5 Å². The van der Waals surface area contributed by atoms with Crippen molar-refractivity contribution in [3.63, 3.8) is 0 Å². The summed E-state index contributed by atoms with van der Waals surface area (Å²) in [5.41, 5.74) is 7.59. The van der Waals surface area contributed by atoms with Crippen molar-refractivity contribution in [2.45, 2.75) is 31.5 Å². The van der Waals surface area contributed by atoms with E-state index in [9.17, 15) is 14.7 Å². The molecule has 2 atom stereocenters. The summed E-state index contributed by atoms with van der Waals surface area (Å²) < 4.78 is 10.2. The van der Waals surface area contributed by atoms with Crippen LogP contribution < -0.4 is 21.1 Å². The number of aliphatic hydroxyl groups is 1. The first-order valence-corrected chi connectivity index (χ1v) is 9.78. The maximum Gasteiger partial charge on any atom is 0.407 e. The van der Waals surface area contributed by atoms with Crippen LogP contribution in [-0.4, -0.2) is 43.4 Å². The lowest BCUT2D eigenvalue weighted by Gasteiger charge is -2.20. The molecule has 0 saturated carbocycles. The quantitative estimate of drug-likeness (QED) is 0.389. The molecule has 31 heavy (non-hydrogen) atoms. The third-order valence-corrected chi connectivity index (χ3v) is 4.53. The van der Waals surface area contributed by atoms with Crippen molar-refractivity contribution < 1.29 is 24.2 Å². The second kappa shape index (κ2) is 14.2. The Bertz CT molecular complexity index is 789. The fourth-order valence-corrected chi connectivity index (χ4v) is 2.77. The van der Waals surface area contributed by atoms with Crippen LogP contribution in [0.1, 0.15) is 30.0 Å². The van der Waals surface area contributed by atoms with E-state index < -0.39 is 18.2 Å².